The van der Waals surface area contributed by atoms with Gasteiger partial charge in [0, 0.05) is 10.8 Å². The van der Waals surface area contributed by atoms with Crippen LogP contribution in [0.1, 0.15) is 120 Å². The highest BCUT2D eigenvalue weighted by Gasteiger charge is 2.70. The number of ether oxygens (including phenoxy) is 10. The lowest BCUT2D eigenvalue weighted by Gasteiger charge is -2.72. The van der Waals surface area contributed by atoms with Crippen molar-refractivity contribution >= 4 is 5.97 Å². The van der Waals surface area contributed by atoms with Crippen LogP contribution in [0.25, 0.3) is 0 Å². The first-order valence-corrected chi connectivity index (χ1v) is 30.5. The van der Waals surface area contributed by atoms with E-state index in [0.717, 1.165) is 32.1 Å². The number of fused-ring (bicyclic) bond motifs is 7. The average molecular weight is 1220 g/mol. The molecule has 488 valence electrons. The number of aliphatic hydroxyl groups excluding tert-OH is 14. The molecule has 5 saturated heterocycles. The maximum Gasteiger partial charge on any atom is 0.335 e. The zero-order valence-electron chi connectivity index (χ0n) is 50.0. The van der Waals surface area contributed by atoms with E-state index in [9.17, 15) is 81.4 Å². The summed E-state index contributed by atoms with van der Waals surface area (Å²) in [4.78, 5) is 12.6. The Morgan fingerprint density at radius 3 is 1.67 bits per heavy atom. The molecular weight excluding hydrogens is 1120 g/mol. The molecule has 5 aliphatic carbocycles. The van der Waals surface area contributed by atoms with Crippen LogP contribution in [0, 0.1) is 50.2 Å². The Balaban J connectivity index is 0.898. The van der Waals surface area contributed by atoms with Gasteiger partial charge in [-0.1, -0.05) is 60.1 Å². The first-order chi connectivity index (χ1) is 39.7. The Hall–Kier alpha value is -1.75. The summed E-state index contributed by atoms with van der Waals surface area (Å²) in [6, 6.07) is 0. The first kappa shape index (κ1) is 66.2. The summed E-state index contributed by atoms with van der Waals surface area (Å²) >= 11 is 0. The third kappa shape index (κ3) is 11.0. The Morgan fingerprint density at radius 1 is 0.541 bits per heavy atom. The largest absolute Gasteiger partial charge is 0.479 e. The summed E-state index contributed by atoms with van der Waals surface area (Å²) in [6.45, 7) is 17.1. The number of carboxylic acid groups (broad SMARTS) is 1. The number of allylic oxidation sites excluding steroid dienone is 2. The topological polar surface area (TPSA) is 413 Å². The molecule has 9 fully saturated rings. The van der Waals surface area contributed by atoms with E-state index >= 15 is 0 Å². The van der Waals surface area contributed by atoms with E-state index in [-0.39, 0.29) is 47.2 Å². The third-order valence-electron chi connectivity index (χ3n) is 23.3. The number of aliphatic hydroxyl groups is 14. The molecule has 85 heavy (non-hydrogen) atoms. The van der Waals surface area contributed by atoms with Gasteiger partial charge in [-0.15, -0.1) is 0 Å². The van der Waals surface area contributed by atoms with Crippen LogP contribution >= 0.6 is 0 Å². The number of hydrogen-bond donors (Lipinski definition) is 15. The van der Waals surface area contributed by atoms with Gasteiger partial charge >= 0.3 is 5.97 Å². The van der Waals surface area contributed by atoms with E-state index in [2.05, 4.69) is 47.6 Å². The maximum atomic E-state index is 12.6. The maximum absolute atomic E-state index is 12.6. The Morgan fingerprint density at radius 2 is 1.09 bits per heavy atom. The highest BCUT2D eigenvalue weighted by Crippen LogP contribution is 2.76. The monoisotopic (exact) mass is 1220 g/mol. The first-order valence-electron chi connectivity index (χ1n) is 30.5. The van der Waals surface area contributed by atoms with Crippen LogP contribution < -0.4 is 0 Å². The average Bonchev–Trinajstić information content (AvgIpc) is 0.702. The quantitative estimate of drug-likeness (QED) is 0.0702. The van der Waals surface area contributed by atoms with Crippen molar-refractivity contribution in [3.8, 4) is 0 Å². The lowest BCUT2D eigenvalue weighted by atomic mass is 9.33. The van der Waals surface area contributed by atoms with Crippen LogP contribution in [-0.4, -0.2) is 262 Å². The second-order valence-electron chi connectivity index (χ2n) is 28.8. The van der Waals surface area contributed by atoms with E-state index in [1.165, 1.54) is 19.4 Å². The molecule has 26 nitrogen and oxygen atoms in total. The molecule has 0 bridgehead atoms. The van der Waals surface area contributed by atoms with Crippen LogP contribution in [0.4, 0.5) is 0 Å². The van der Waals surface area contributed by atoms with Gasteiger partial charge in [-0.05, 0) is 111 Å². The summed E-state index contributed by atoms with van der Waals surface area (Å²) < 4.78 is 61.5. The number of carbonyl (C=O) groups is 1. The molecule has 10 rings (SSSR count). The van der Waals surface area contributed by atoms with Gasteiger partial charge in [0.05, 0.1) is 44.2 Å². The Kier molecular flexibility index (Phi) is 18.7. The molecule has 0 amide bonds. The van der Waals surface area contributed by atoms with E-state index < -0.39 is 188 Å². The number of carboxylic acids is 1. The number of aliphatic carboxylic acids is 1. The molecule has 26 heteroatoms. The highest BCUT2D eigenvalue weighted by atomic mass is 16.8. The minimum atomic E-state index is -2.12. The van der Waals surface area contributed by atoms with E-state index in [1.807, 2.05) is 6.92 Å². The van der Waals surface area contributed by atoms with E-state index in [1.54, 1.807) is 0 Å². The molecule has 0 aromatic rings. The summed E-state index contributed by atoms with van der Waals surface area (Å²) in [6.07, 6.45) is -32.2. The summed E-state index contributed by atoms with van der Waals surface area (Å²) in [5.74, 6) is -1.68. The van der Waals surface area contributed by atoms with Gasteiger partial charge < -0.3 is 124 Å². The molecule has 0 radical (unpaired) electrons. The molecular formula is C59H96O26. The molecule has 0 aromatic heterocycles. The highest BCUT2D eigenvalue weighted by molar-refractivity contribution is 5.73. The lowest BCUT2D eigenvalue weighted by Crippen LogP contribution is -2.68. The molecule has 5 heterocycles. The molecule has 0 spiro atoms. The molecule has 0 aromatic carbocycles. The number of rotatable bonds is 13. The van der Waals surface area contributed by atoms with Gasteiger partial charge in [0.2, 0.25) is 0 Å². The normalized spacial score (nSPS) is 56.2. The second-order valence-corrected chi connectivity index (χ2v) is 28.8. The van der Waals surface area contributed by atoms with Crippen molar-refractivity contribution in [2.24, 2.45) is 50.2 Å². The Labute approximate surface area is 494 Å². The lowest BCUT2D eigenvalue weighted by molar-refractivity contribution is -0.396. The van der Waals surface area contributed by atoms with Gasteiger partial charge in [0.15, 0.2) is 37.6 Å². The van der Waals surface area contributed by atoms with Crippen LogP contribution in [0.3, 0.4) is 0 Å². The summed E-state index contributed by atoms with van der Waals surface area (Å²) in [5, 5.41) is 163. The molecule has 34 atom stereocenters. The summed E-state index contributed by atoms with van der Waals surface area (Å²) in [7, 11) is 0. The van der Waals surface area contributed by atoms with Crippen LogP contribution in [-0.2, 0) is 52.2 Å². The second kappa shape index (κ2) is 24.1. The fourth-order valence-corrected chi connectivity index (χ4v) is 17.8. The Bertz CT molecular complexity index is 2390. The molecule has 0 unspecified atom stereocenters. The van der Waals surface area contributed by atoms with Gasteiger partial charge in [-0.2, -0.15) is 0 Å². The SMILES string of the molecule is C[C@@H]1O[C@@H](O[C@H]2[C@H](O[C@@H]3CC(C)(C)C[C@@H]4C5=CC[C@@H]6[C@@]7(C)CC[C@H](O[C@@H]8O[C@H](C(=O)O)[C@@H](O)[C@H](O)[C@@H]8O[C@@H]8O[C@H](CO)[C@H](O)[C@H](O)[C@H]8O[C@@H]8O[C@H](C)[C@H](O)[C@@H](O)[C@H]8O)[C@@](C)(CO)[C@H]7CC[C@@]6(C)[C@]5(C)CC[C@]43C)OC[C@@H](O)[C@H]2O)[C@@H](O)[C@H](O)[C@H]1O. The van der Waals surface area contributed by atoms with Gasteiger partial charge in [0.1, 0.15) is 97.7 Å². The zero-order chi connectivity index (χ0) is 62.2. The molecule has 10 aliphatic rings. The van der Waals surface area contributed by atoms with Crippen molar-refractivity contribution in [2.45, 2.75) is 280 Å². The summed E-state index contributed by atoms with van der Waals surface area (Å²) in [5.41, 5.74) is -1.31. The molecule has 5 aliphatic heterocycles. The van der Waals surface area contributed by atoms with Crippen molar-refractivity contribution in [2.75, 3.05) is 19.8 Å². The smallest absolute Gasteiger partial charge is 0.335 e. The fraction of sp³-hybridized carbons (Fsp3) is 0.949. The van der Waals surface area contributed by atoms with Crippen molar-refractivity contribution in [3.63, 3.8) is 0 Å². The third-order valence-corrected chi connectivity index (χ3v) is 23.3. The van der Waals surface area contributed by atoms with Crippen LogP contribution in [0.2, 0.25) is 0 Å². The van der Waals surface area contributed by atoms with Crippen molar-refractivity contribution in [3.05, 3.63) is 11.6 Å². The minimum Gasteiger partial charge on any atom is -0.479 e. The van der Waals surface area contributed by atoms with E-state index in [4.69, 9.17) is 47.4 Å². The van der Waals surface area contributed by atoms with Gasteiger partial charge in [-0.25, -0.2) is 4.79 Å². The zero-order valence-corrected chi connectivity index (χ0v) is 50.0. The van der Waals surface area contributed by atoms with Crippen molar-refractivity contribution < 1.29 is 129 Å². The van der Waals surface area contributed by atoms with Gasteiger partial charge in [0.25, 0.3) is 0 Å². The van der Waals surface area contributed by atoms with Crippen LogP contribution in [0.5, 0.6) is 0 Å². The predicted octanol–water partition coefficient (Wildman–Crippen LogP) is -1.98. The molecule has 15 N–H and O–H groups in total. The van der Waals surface area contributed by atoms with Crippen molar-refractivity contribution in [1.82, 2.24) is 0 Å². The minimum absolute atomic E-state index is 0.0466. The van der Waals surface area contributed by atoms with Crippen LogP contribution in [0.15, 0.2) is 11.6 Å². The van der Waals surface area contributed by atoms with E-state index in [0.29, 0.717) is 25.7 Å². The van der Waals surface area contributed by atoms with Gasteiger partial charge in [-0.3, -0.25) is 0 Å². The van der Waals surface area contributed by atoms with Crippen molar-refractivity contribution in [1.29, 1.82) is 0 Å². The standard InChI is InChI=1S/C59H96O26/c1-23-33(63)37(67)42(72)49(77-23)83-45-35(65)27(62)21-76-51(45)81-32-19-54(3,4)18-26-25-10-11-30-56(6)14-13-31(57(7,22-61)29(56)12-15-59(30,9)58(25,8)17-16-55(26,32)5)80-53-47(41(71)40(70)44(82-53)48(74)75)85-52-46(39(69)36(66)28(20-60)79-52)84-50-43(73)38(68)34(64)24(2)78-50/h10,23-24,26-47,49-53,60-73H,11-22H2,1-9H3,(H,74,75)/t23-,24+,26+,27+,28+,29-,30+,31-,32+,33-,34-,35+,36-,37+,38+,39-,40-,41-,42-,43+,44-,45+,46+,47-,49-,50-,51-,52-,53+,55+,56-,57-,58+,59+/m0/s1. The number of hydrogen-bond acceptors (Lipinski definition) is 25. The predicted molar refractivity (Wildman–Crippen MR) is 288 cm³/mol. The fourth-order valence-electron chi connectivity index (χ4n) is 17.8. The molecule has 4 saturated carbocycles.